The van der Waals surface area contributed by atoms with Crippen molar-refractivity contribution < 1.29 is 9.21 Å². The van der Waals surface area contributed by atoms with E-state index in [0.717, 1.165) is 5.56 Å². The molecule has 4 N–H and O–H groups in total. The molecule has 0 spiro atoms. The van der Waals surface area contributed by atoms with Crippen molar-refractivity contribution >= 4 is 40.7 Å². The van der Waals surface area contributed by atoms with Gasteiger partial charge in [0.2, 0.25) is 17.6 Å². The second-order valence-corrected chi connectivity index (χ2v) is 6.41. The fourth-order valence-corrected chi connectivity index (χ4v) is 3.06. The van der Waals surface area contributed by atoms with Crippen LogP contribution < -0.4 is 11.1 Å². The van der Waals surface area contributed by atoms with Crippen LogP contribution >= 0.6 is 23.2 Å². The number of oxazole rings is 1. The van der Waals surface area contributed by atoms with E-state index >= 15 is 0 Å². The maximum absolute atomic E-state index is 11.8. The summed E-state index contributed by atoms with van der Waals surface area (Å²) in [6, 6.07) is 12.0. The number of halogens is 2. The van der Waals surface area contributed by atoms with Crippen molar-refractivity contribution in [2.24, 2.45) is 5.73 Å². The summed E-state index contributed by atoms with van der Waals surface area (Å²) in [5, 5.41) is 17.4. The number of nitrogens with one attached hydrogen (secondary N) is 2. The van der Waals surface area contributed by atoms with E-state index in [1.54, 1.807) is 42.5 Å². The van der Waals surface area contributed by atoms with Crippen LogP contribution in [-0.4, -0.2) is 31.5 Å². The number of tetrazole rings is 1. The summed E-state index contributed by atoms with van der Waals surface area (Å²) in [4.78, 5) is 16.0. The molecule has 2 aromatic heterocycles. The Bertz CT molecular complexity index is 1120. The standard InChI is InChI=1S/C17H11Cl2N7O2/c18-10-2-1-3-11(19)12(10)16-22-13(14(20)27)17(28-16)21-9-6-4-8(5-7-9)15-23-25-26-24-15/h1-7,21H,(H2,20,27)(H,23,24,25,26). The van der Waals surface area contributed by atoms with Crippen molar-refractivity contribution in [3.8, 4) is 22.8 Å². The first-order valence-corrected chi connectivity index (χ1v) is 8.64. The van der Waals surface area contributed by atoms with Gasteiger partial charge in [-0.2, -0.15) is 5.21 Å². The lowest BCUT2D eigenvalue weighted by Crippen LogP contribution is -2.13. The van der Waals surface area contributed by atoms with E-state index in [1.165, 1.54) is 0 Å². The first-order valence-electron chi connectivity index (χ1n) is 7.89. The molecule has 0 unspecified atom stereocenters. The van der Waals surface area contributed by atoms with Gasteiger partial charge in [0.15, 0.2) is 5.69 Å². The van der Waals surface area contributed by atoms with E-state index in [2.05, 4.69) is 30.9 Å². The van der Waals surface area contributed by atoms with Gasteiger partial charge < -0.3 is 15.5 Å². The summed E-state index contributed by atoms with van der Waals surface area (Å²) < 4.78 is 5.70. The smallest absolute Gasteiger partial charge is 0.273 e. The quantitative estimate of drug-likeness (QED) is 0.452. The number of carbonyl (C=O) groups is 1. The number of anilines is 2. The number of hydrogen-bond acceptors (Lipinski definition) is 7. The third kappa shape index (κ3) is 3.40. The van der Waals surface area contributed by atoms with Gasteiger partial charge in [-0.25, -0.2) is 4.98 Å². The van der Waals surface area contributed by atoms with Crippen molar-refractivity contribution in [2.75, 3.05) is 5.32 Å². The number of H-pyrrole nitrogens is 1. The van der Waals surface area contributed by atoms with Gasteiger partial charge in [0.25, 0.3) is 5.91 Å². The molecule has 4 aromatic rings. The largest absolute Gasteiger partial charge is 0.419 e. The van der Waals surface area contributed by atoms with Crippen LogP contribution in [0.15, 0.2) is 46.9 Å². The van der Waals surface area contributed by atoms with Crippen LogP contribution in [0.4, 0.5) is 11.6 Å². The second-order valence-electron chi connectivity index (χ2n) is 5.60. The van der Waals surface area contributed by atoms with Crippen LogP contribution in [0.2, 0.25) is 10.0 Å². The molecule has 0 bridgehead atoms. The van der Waals surface area contributed by atoms with Gasteiger partial charge in [0.05, 0.1) is 15.6 Å². The zero-order chi connectivity index (χ0) is 19.7. The van der Waals surface area contributed by atoms with Crippen molar-refractivity contribution in [3.05, 3.63) is 58.2 Å². The Morgan fingerprint density at radius 3 is 2.43 bits per heavy atom. The minimum atomic E-state index is -0.760. The van der Waals surface area contributed by atoms with E-state index in [4.69, 9.17) is 33.4 Å². The third-order valence-corrected chi connectivity index (χ3v) is 4.41. The normalized spacial score (nSPS) is 10.8. The molecule has 0 saturated carbocycles. The minimum absolute atomic E-state index is 0.0748. The highest BCUT2D eigenvalue weighted by Gasteiger charge is 2.22. The lowest BCUT2D eigenvalue weighted by atomic mass is 10.2. The number of aromatic amines is 1. The zero-order valence-electron chi connectivity index (χ0n) is 14.0. The van der Waals surface area contributed by atoms with Crippen molar-refractivity contribution in [1.29, 1.82) is 0 Å². The molecule has 0 radical (unpaired) electrons. The fourth-order valence-electron chi connectivity index (χ4n) is 2.50. The molecule has 0 aliphatic carbocycles. The average Bonchev–Trinajstić information content (AvgIpc) is 3.33. The maximum Gasteiger partial charge on any atom is 0.273 e. The van der Waals surface area contributed by atoms with Crippen molar-refractivity contribution in [2.45, 2.75) is 0 Å². The summed E-state index contributed by atoms with van der Waals surface area (Å²) in [5.74, 6) is -0.148. The van der Waals surface area contributed by atoms with Gasteiger partial charge in [-0.1, -0.05) is 29.3 Å². The van der Waals surface area contributed by atoms with E-state index in [9.17, 15) is 4.79 Å². The van der Waals surface area contributed by atoms with Crippen LogP contribution in [0.1, 0.15) is 10.5 Å². The van der Waals surface area contributed by atoms with Crippen molar-refractivity contribution in [3.63, 3.8) is 0 Å². The molecule has 2 aromatic carbocycles. The number of nitrogens with zero attached hydrogens (tertiary/aromatic N) is 4. The summed E-state index contributed by atoms with van der Waals surface area (Å²) >= 11 is 12.4. The SMILES string of the molecule is NC(=O)c1nc(-c2c(Cl)cccc2Cl)oc1Nc1ccc(-c2nn[nH]n2)cc1. The average molecular weight is 416 g/mol. The molecule has 0 aliphatic heterocycles. The van der Waals surface area contributed by atoms with Crippen LogP contribution in [0, 0.1) is 0 Å². The lowest BCUT2D eigenvalue weighted by Gasteiger charge is -2.05. The number of benzene rings is 2. The summed E-state index contributed by atoms with van der Waals surface area (Å²) in [5.41, 5.74) is 7.11. The molecule has 0 fully saturated rings. The minimum Gasteiger partial charge on any atom is -0.419 e. The molecule has 1 amide bonds. The number of hydrogen-bond donors (Lipinski definition) is 3. The first kappa shape index (κ1) is 18.0. The molecular weight excluding hydrogens is 405 g/mol. The van der Waals surface area contributed by atoms with Gasteiger partial charge >= 0.3 is 0 Å². The number of aromatic nitrogens is 5. The first-order chi connectivity index (χ1) is 13.5. The Morgan fingerprint density at radius 2 is 1.82 bits per heavy atom. The predicted molar refractivity (Wildman–Crippen MR) is 103 cm³/mol. The van der Waals surface area contributed by atoms with Gasteiger partial charge in [0.1, 0.15) is 0 Å². The molecule has 0 saturated heterocycles. The van der Waals surface area contributed by atoms with Crippen LogP contribution in [-0.2, 0) is 0 Å². The van der Waals surface area contributed by atoms with Gasteiger partial charge in [-0.05, 0) is 41.6 Å². The van der Waals surface area contributed by atoms with E-state index in [1.807, 2.05) is 0 Å². The van der Waals surface area contributed by atoms with Gasteiger partial charge in [0, 0.05) is 11.3 Å². The molecule has 4 rings (SSSR count). The Balaban J connectivity index is 1.68. The lowest BCUT2D eigenvalue weighted by molar-refractivity contribution is 0.0996. The summed E-state index contributed by atoms with van der Waals surface area (Å²) in [6.07, 6.45) is 0. The monoisotopic (exact) mass is 415 g/mol. The second kappa shape index (κ2) is 7.29. The van der Waals surface area contributed by atoms with E-state index < -0.39 is 5.91 Å². The molecule has 11 heteroatoms. The topological polar surface area (TPSA) is 136 Å². The molecule has 9 nitrogen and oxygen atoms in total. The van der Waals surface area contributed by atoms with Crippen molar-refractivity contribution in [1.82, 2.24) is 25.6 Å². The number of primary amides is 1. The van der Waals surface area contributed by atoms with Crippen LogP contribution in [0.25, 0.3) is 22.8 Å². The molecule has 0 aliphatic rings. The number of rotatable bonds is 5. The van der Waals surface area contributed by atoms with Crippen LogP contribution in [0.3, 0.4) is 0 Å². The predicted octanol–water partition coefficient (Wildman–Crippen LogP) is 3.67. The highest BCUT2D eigenvalue weighted by molar-refractivity contribution is 6.38. The van der Waals surface area contributed by atoms with E-state index in [0.29, 0.717) is 27.1 Å². The number of carbonyl (C=O) groups excluding carboxylic acids is 1. The third-order valence-electron chi connectivity index (χ3n) is 3.78. The molecule has 140 valence electrons. The molecular formula is C17H11Cl2N7O2. The highest BCUT2D eigenvalue weighted by atomic mass is 35.5. The van der Waals surface area contributed by atoms with E-state index in [-0.39, 0.29) is 17.5 Å². The summed E-state index contributed by atoms with van der Waals surface area (Å²) in [6.45, 7) is 0. The Kier molecular flexibility index (Phi) is 4.68. The number of nitrogens with two attached hydrogens (primary N) is 1. The zero-order valence-corrected chi connectivity index (χ0v) is 15.5. The van der Waals surface area contributed by atoms with Gasteiger partial charge in [-0.3, -0.25) is 4.79 Å². The Labute approximate surface area is 167 Å². The molecule has 0 atom stereocenters. The Morgan fingerprint density at radius 1 is 1.11 bits per heavy atom. The highest BCUT2D eigenvalue weighted by Crippen LogP contribution is 2.36. The number of amides is 1. The molecule has 28 heavy (non-hydrogen) atoms. The van der Waals surface area contributed by atoms with Crippen LogP contribution in [0.5, 0.6) is 0 Å². The fraction of sp³-hybridized carbons (Fsp3) is 0. The Hall–Kier alpha value is -3.43. The summed E-state index contributed by atoms with van der Waals surface area (Å²) in [7, 11) is 0. The van der Waals surface area contributed by atoms with Gasteiger partial charge in [-0.15, -0.1) is 10.2 Å². The molecule has 2 heterocycles. The maximum atomic E-state index is 11.8.